The minimum Gasteiger partial charge on any atom is -0.379 e. The Kier molecular flexibility index (Phi) is 10.4. The first-order valence-electron chi connectivity index (χ1n) is 7.07. The minimum absolute atomic E-state index is 0.0588. The van der Waals surface area contributed by atoms with E-state index < -0.39 is 0 Å². The summed E-state index contributed by atoms with van der Waals surface area (Å²) in [4.78, 5) is 0. The Hall–Kier alpha value is -0.480. The fourth-order valence-electron chi connectivity index (χ4n) is 1.93. The third-order valence-electron chi connectivity index (χ3n) is 3.38. The molecule has 0 fully saturated rings. The highest BCUT2D eigenvalue weighted by Gasteiger charge is 2.14. The molecular weight excluding hydrogens is 208 g/mol. The van der Waals surface area contributed by atoms with Gasteiger partial charge in [-0.2, -0.15) is 0 Å². The average Bonchev–Trinajstić information content (AvgIpc) is 2.31. The van der Waals surface area contributed by atoms with Gasteiger partial charge in [-0.05, 0) is 33.1 Å². The van der Waals surface area contributed by atoms with Gasteiger partial charge in [-0.25, -0.2) is 0 Å². The summed E-state index contributed by atoms with van der Waals surface area (Å²) in [5, 5.41) is 0. The van der Waals surface area contributed by atoms with Crippen molar-refractivity contribution in [2.45, 2.75) is 83.7 Å². The molecule has 0 aromatic carbocycles. The van der Waals surface area contributed by atoms with Crippen LogP contribution in [0.5, 0.6) is 0 Å². The number of ether oxygens (including phenoxy) is 1. The van der Waals surface area contributed by atoms with E-state index in [-0.39, 0.29) is 5.60 Å². The molecule has 1 radical (unpaired) electrons. The van der Waals surface area contributed by atoms with Crippen molar-refractivity contribution in [2.24, 2.45) is 0 Å². The quantitative estimate of drug-likeness (QED) is 0.367. The predicted octanol–water partition coefficient (Wildman–Crippen LogP) is 4.90. The Bertz CT molecular complexity index is 200. The summed E-state index contributed by atoms with van der Waals surface area (Å²) < 4.78 is 5.40. The van der Waals surface area contributed by atoms with Gasteiger partial charge in [0.2, 0.25) is 0 Å². The van der Waals surface area contributed by atoms with Gasteiger partial charge in [-0.3, -0.25) is 0 Å². The molecule has 0 rings (SSSR count). The van der Waals surface area contributed by atoms with Crippen molar-refractivity contribution in [1.82, 2.24) is 0 Å². The van der Waals surface area contributed by atoms with E-state index in [2.05, 4.69) is 19.8 Å². The zero-order valence-electron chi connectivity index (χ0n) is 12.0. The van der Waals surface area contributed by atoms with E-state index in [0.29, 0.717) is 0 Å². The molecular formula is C16H29O. The Balaban J connectivity index is 3.12. The fraction of sp³-hybridized carbons (Fsp3) is 0.875. The van der Waals surface area contributed by atoms with Gasteiger partial charge in [0.25, 0.3) is 0 Å². The lowest BCUT2D eigenvalue weighted by Crippen LogP contribution is -2.21. The lowest BCUT2D eigenvalue weighted by molar-refractivity contribution is 0.0134. The van der Waals surface area contributed by atoms with Crippen molar-refractivity contribution < 1.29 is 4.74 Å². The van der Waals surface area contributed by atoms with Crippen molar-refractivity contribution in [3.8, 4) is 5.92 Å². The molecule has 0 spiro atoms. The summed E-state index contributed by atoms with van der Waals surface area (Å²) in [7, 11) is 1.80. The Morgan fingerprint density at radius 3 is 1.82 bits per heavy atom. The van der Waals surface area contributed by atoms with Gasteiger partial charge in [0.1, 0.15) is 0 Å². The first-order chi connectivity index (χ1) is 8.12. The van der Waals surface area contributed by atoms with E-state index in [9.17, 15) is 0 Å². The molecule has 0 N–H and O–H groups in total. The van der Waals surface area contributed by atoms with E-state index in [1.807, 2.05) is 0 Å². The van der Waals surface area contributed by atoms with E-state index in [1.54, 1.807) is 7.11 Å². The minimum atomic E-state index is 0.0588. The predicted molar refractivity (Wildman–Crippen MR) is 74.4 cm³/mol. The highest BCUT2D eigenvalue weighted by Crippen LogP contribution is 2.18. The molecule has 0 saturated heterocycles. The zero-order chi connectivity index (χ0) is 13.0. The molecule has 0 aromatic rings. The van der Waals surface area contributed by atoms with Crippen LogP contribution < -0.4 is 0 Å². The maximum atomic E-state index is 6.80. The molecule has 0 saturated carbocycles. The second-order valence-electron chi connectivity index (χ2n) is 5.47. The van der Waals surface area contributed by atoms with E-state index in [0.717, 1.165) is 12.8 Å². The Morgan fingerprint density at radius 1 is 0.882 bits per heavy atom. The van der Waals surface area contributed by atoms with E-state index >= 15 is 0 Å². The molecule has 1 heteroatoms. The number of hydrogen-bond acceptors (Lipinski definition) is 1. The fourth-order valence-corrected chi connectivity index (χ4v) is 1.93. The van der Waals surface area contributed by atoms with Gasteiger partial charge in [0.05, 0.1) is 5.60 Å². The second-order valence-corrected chi connectivity index (χ2v) is 5.47. The van der Waals surface area contributed by atoms with Crippen LogP contribution in [0.25, 0.3) is 0 Å². The molecule has 17 heavy (non-hydrogen) atoms. The van der Waals surface area contributed by atoms with Gasteiger partial charge in [0.15, 0.2) is 0 Å². The molecule has 0 unspecified atom stereocenters. The summed E-state index contributed by atoms with van der Waals surface area (Å²) in [6.45, 7) is 4.32. The normalized spacial score (nSPS) is 11.4. The summed E-state index contributed by atoms with van der Waals surface area (Å²) >= 11 is 0. The summed E-state index contributed by atoms with van der Waals surface area (Å²) in [6.07, 6.45) is 19.2. The summed E-state index contributed by atoms with van der Waals surface area (Å²) in [5.41, 5.74) is 0.0588. The van der Waals surface area contributed by atoms with Crippen molar-refractivity contribution in [3.63, 3.8) is 0 Å². The molecule has 0 aliphatic rings. The molecule has 99 valence electrons. The highest BCUT2D eigenvalue weighted by molar-refractivity contribution is 4.74. The molecule has 0 atom stereocenters. The van der Waals surface area contributed by atoms with Crippen molar-refractivity contribution in [1.29, 1.82) is 0 Å². The maximum absolute atomic E-state index is 6.80. The molecule has 0 bridgehead atoms. The topological polar surface area (TPSA) is 9.23 Å². The van der Waals surface area contributed by atoms with Crippen LogP contribution in [0.1, 0.15) is 78.1 Å². The van der Waals surface area contributed by atoms with Crippen molar-refractivity contribution in [3.05, 3.63) is 6.42 Å². The van der Waals surface area contributed by atoms with E-state index in [1.165, 1.54) is 51.4 Å². The first kappa shape index (κ1) is 16.5. The average molecular weight is 237 g/mol. The van der Waals surface area contributed by atoms with Crippen LogP contribution in [0.4, 0.5) is 0 Å². The van der Waals surface area contributed by atoms with Crippen molar-refractivity contribution in [2.75, 3.05) is 7.11 Å². The van der Waals surface area contributed by atoms with Crippen LogP contribution in [0.2, 0.25) is 0 Å². The number of unbranched alkanes of at least 4 members (excludes halogenated alkanes) is 8. The lowest BCUT2D eigenvalue weighted by atomic mass is 9.99. The van der Waals surface area contributed by atoms with Gasteiger partial charge < -0.3 is 4.74 Å². The SMILES string of the molecule is [C]#CCCCCCCCCCCC(C)(C)OC. The van der Waals surface area contributed by atoms with Gasteiger partial charge in [-0.15, -0.1) is 0 Å². The second kappa shape index (κ2) is 10.7. The Labute approximate surface area is 108 Å². The van der Waals surface area contributed by atoms with Crippen molar-refractivity contribution >= 4 is 0 Å². The molecule has 0 aliphatic heterocycles. The van der Waals surface area contributed by atoms with Crippen LogP contribution in [0, 0.1) is 12.3 Å². The molecule has 1 nitrogen and oxygen atoms in total. The molecule has 0 aromatic heterocycles. The number of hydrogen-bond donors (Lipinski definition) is 0. The third kappa shape index (κ3) is 11.8. The van der Waals surface area contributed by atoms with Gasteiger partial charge >= 0.3 is 0 Å². The first-order valence-corrected chi connectivity index (χ1v) is 7.07. The maximum Gasteiger partial charge on any atom is 0.0622 e. The van der Waals surface area contributed by atoms with Crippen LogP contribution in [0.3, 0.4) is 0 Å². The standard InChI is InChI=1S/C16H29O/c1-5-6-7-8-9-10-11-12-13-14-15-16(2,3)17-4/h6-15H2,2-4H3. The molecule has 0 amide bonds. The monoisotopic (exact) mass is 237 g/mol. The van der Waals surface area contributed by atoms with Crippen LogP contribution in [-0.2, 0) is 4.74 Å². The Morgan fingerprint density at radius 2 is 1.35 bits per heavy atom. The largest absolute Gasteiger partial charge is 0.379 e. The third-order valence-corrected chi connectivity index (χ3v) is 3.38. The van der Waals surface area contributed by atoms with Gasteiger partial charge in [-0.1, -0.05) is 50.9 Å². The summed E-state index contributed by atoms with van der Waals surface area (Å²) in [6, 6.07) is 0. The van der Waals surface area contributed by atoms with Gasteiger partial charge in [0, 0.05) is 13.5 Å². The highest BCUT2D eigenvalue weighted by atomic mass is 16.5. The summed E-state index contributed by atoms with van der Waals surface area (Å²) in [5.74, 6) is 2.44. The zero-order valence-corrected chi connectivity index (χ0v) is 12.0. The van der Waals surface area contributed by atoms with Crippen LogP contribution in [0.15, 0.2) is 0 Å². The smallest absolute Gasteiger partial charge is 0.0622 e. The number of rotatable bonds is 11. The molecule has 0 aliphatic carbocycles. The lowest BCUT2D eigenvalue weighted by Gasteiger charge is -2.22. The van der Waals surface area contributed by atoms with E-state index in [4.69, 9.17) is 11.2 Å². The molecule has 0 heterocycles. The van der Waals surface area contributed by atoms with Crippen LogP contribution >= 0.6 is 0 Å². The number of methoxy groups -OCH3 is 1. The van der Waals surface area contributed by atoms with Crippen LogP contribution in [-0.4, -0.2) is 12.7 Å².